The van der Waals surface area contributed by atoms with Crippen molar-refractivity contribution in [3.8, 4) is 0 Å². The van der Waals surface area contributed by atoms with Crippen LogP contribution in [0.1, 0.15) is 46.0 Å². The maximum Gasteiger partial charge on any atom is 0.315 e. The Morgan fingerprint density at radius 3 is 2.40 bits per heavy atom. The average Bonchev–Trinajstić information content (AvgIpc) is 2.61. The molecule has 1 heterocycles. The number of anilines is 1. The van der Waals surface area contributed by atoms with E-state index in [4.69, 9.17) is 10.2 Å². The van der Waals surface area contributed by atoms with Gasteiger partial charge in [0.2, 0.25) is 5.89 Å². The predicted molar refractivity (Wildman–Crippen MR) is 59.4 cm³/mol. The molecule has 0 spiro atoms. The molecule has 5 heteroatoms. The molecular formula is C10H20N4O. The van der Waals surface area contributed by atoms with Gasteiger partial charge in [-0.05, 0) is 19.3 Å². The normalized spacial score (nSPS) is 15.3. The second-order valence-corrected chi connectivity index (χ2v) is 4.14. The molecule has 86 valence electrons. The molecule has 0 saturated heterocycles. The van der Waals surface area contributed by atoms with Gasteiger partial charge in [0.15, 0.2) is 0 Å². The van der Waals surface area contributed by atoms with Gasteiger partial charge in [0.1, 0.15) is 0 Å². The average molecular weight is 212 g/mol. The van der Waals surface area contributed by atoms with Gasteiger partial charge in [0.25, 0.3) is 0 Å². The molecule has 1 aromatic rings. The second kappa shape index (κ2) is 5.11. The molecule has 2 unspecified atom stereocenters. The van der Waals surface area contributed by atoms with Crippen molar-refractivity contribution in [3.63, 3.8) is 0 Å². The Labute approximate surface area is 90.4 Å². The quantitative estimate of drug-likeness (QED) is 0.780. The van der Waals surface area contributed by atoms with Gasteiger partial charge < -0.3 is 15.5 Å². The number of rotatable bonds is 5. The molecule has 0 aliphatic heterocycles. The van der Waals surface area contributed by atoms with Crippen LogP contribution in [0.3, 0.4) is 0 Å². The summed E-state index contributed by atoms with van der Waals surface area (Å²) in [6, 6.07) is 0.599. The number of hydrogen-bond donors (Lipinski definition) is 2. The Balaban J connectivity index is 2.63. The van der Waals surface area contributed by atoms with E-state index in [2.05, 4.69) is 36.3 Å². The van der Waals surface area contributed by atoms with Crippen LogP contribution in [-0.2, 0) is 0 Å². The summed E-state index contributed by atoms with van der Waals surface area (Å²) in [7, 11) is 0. The Morgan fingerprint density at radius 1 is 1.33 bits per heavy atom. The maximum absolute atomic E-state index is 5.63. The van der Waals surface area contributed by atoms with Crippen molar-refractivity contribution in [2.24, 2.45) is 11.7 Å². The summed E-state index contributed by atoms with van der Waals surface area (Å²) in [4.78, 5) is 0. The van der Waals surface area contributed by atoms with Crippen molar-refractivity contribution in [1.29, 1.82) is 0 Å². The van der Waals surface area contributed by atoms with Gasteiger partial charge in [-0.25, -0.2) is 0 Å². The maximum atomic E-state index is 5.63. The van der Waals surface area contributed by atoms with E-state index in [0.717, 1.165) is 6.42 Å². The standard InChI is InChI=1S/C10H20N4O/c1-5-8(6(2)3)12-10-14-13-9(15-10)7(4)11/h6-8H,5,11H2,1-4H3,(H,12,14). The number of nitrogens with one attached hydrogen (secondary N) is 1. The van der Waals surface area contributed by atoms with Crippen LogP contribution in [0.5, 0.6) is 0 Å². The highest BCUT2D eigenvalue weighted by molar-refractivity contribution is 5.20. The highest BCUT2D eigenvalue weighted by Crippen LogP contribution is 2.16. The van der Waals surface area contributed by atoms with Crippen LogP contribution < -0.4 is 11.1 Å². The lowest BCUT2D eigenvalue weighted by Gasteiger charge is -2.18. The van der Waals surface area contributed by atoms with Crippen molar-refractivity contribution in [2.45, 2.75) is 46.2 Å². The number of nitrogens with two attached hydrogens (primary N) is 1. The minimum absolute atomic E-state index is 0.216. The van der Waals surface area contributed by atoms with Gasteiger partial charge in [-0.15, -0.1) is 5.10 Å². The molecule has 0 aromatic carbocycles. The second-order valence-electron chi connectivity index (χ2n) is 4.14. The van der Waals surface area contributed by atoms with Crippen LogP contribution in [0.15, 0.2) is 4.42 Å². The summed E-state index contributed by atoms with van der Waals surface area (Å²) in [6.45, 7) is 8.26. The van der Waals surface area contributed by atoms with E-state index < -0.39 is 0 Å². The molecule has 0 saturated carbocycles. The van der Waals surface area contributed by atoms with E-state index in [9.17, 15) is 0 Å². The fourth-order valence-corrected chi connectivity index (χ4v) is 1.38. The Bertz CT molecular complexity index is 295. The topological polar surface area (TPSA) is 77.0 Å². The Morgan fingerprint density at radius 2 is 2.00 bits per heavy atom. The fraction of sp³-hybridized carbons (Fsp3) is 0.800. The molecule has 15 heavy (non-hydrogen) atoms. The molecular weight excluding hydrogens is 192 g/mol. The zero-order chi connectivity index (χ0) is 11.4. The van der Waals surface area contributed by atoms with E-state index in [1.807, 2.05) is 6.92 Å². The third kappa shape index (κ3) is 3.20. The highest BCUT2D eigenvalue weighted by Gasteiger charge is 2.15. The summed E-state index contributed by atoms with van der Waals surface area (Å²) >= 11 is 0. The summed E-state index contributed by atoms with van der Waals surface area (Å²) < 4.78 is 5.37. The molecule has 0 fully saturated rings. The van der Waals surface area contributed by atoms with Crippen LogP contribution in [0.25, 0.3) is 0 Å². The van der Waals surface area contributed by atoms with Crippen LogP contribution in [0.4, 0.5) is 6.01 Å². The first-order chi connectivity index (χ1) is 7.04. The largest absolute Gasteiger partial charge is 0.406 e. The van der Waals surface area contributed by atoms with E-state index in [1.54, 1.807) is 0 Å². The summed E-state index contributed by atoms with van der Waals surface area (Å²) in [5, 5.41) is 11.0. The number of aromatic nitrogens is 2. The van der Waals surface area contributed by atoms with Gasteiger partial charge in [-0.1, -0.05) is 25.9 Å². The van der Waals surface area contributed by atoms with Crippen LogP contribution >= 0.6 is 0 Å². The first kappa shape index (κ1) is 12.0. The minimum atomic E-state index is -0.216. The van der Waals surface area contributed by atoms with Gasteiger partial charge in [0.05, 0.1) is 6.04 Å². The first-order valence-corrected chi connectivity index (χ1v) is 5.40. The van der Waals surface area contributed by atoms with Crippen molar-refractivity contribution >= 4 is 6.01 Å². The molecule has 0 amide bonds. The van der Waals surface area contributed by atoms with Crippen molar-refractivity contribution < 1.29 is 4.42 Å². The molecule has 5 nitrogen and oxygen atoms in total. The summed E-state index contributed by atoms with van der Waals surface area (Å²) in [5.74, 6) is 0.997. The lowest BCUT2D eigenvalue weighted by Crippen LogP contribution is -2.24. The zero-order valence-corrected chi connectivity index (χ0v) is 9.82. The van der Waals surface area contributed by atoms with Gasteiger partial charge in [-0.2, -0.15) is 0 Å². The fourth-order valence-electron chi connectivity index (χ4n) is 1.38. The van der Waals surface area contributed by atoms with Gasteiger partial charge in [-0.3, -0.25) is 0 Å². The molecule has 0 radical (unpaired) electrons. The smallest absolute Gasteiger partial charge is 0.315 e. The van der Waals surface area contributed by atoms with Crippen molar-refractivity contribution in [3.05, 3.63) is 5.89 Å². The van der Waals surface area contributed by atoms with Gasteiger partial charge in [0, 0.05) is 6.04 Å². The monoisotopic (exact) mass is 212 g/mol. The van der Waals surface area contributed by atoms with Crippen LogP contribution in [0, 0.1) is 5.92 Å². The predicted octanol–water partition coefficient (Wildman–Crippen LogP) is 1.94. The molecule has 1 aromatic heterocycles. The molecule has 0 bridgehead atoms. The lowest BCUT2D eigenvalue weighted by molar-refractivity contribution is 0.448. The molecule has 1 rings (SSSR count). The SMILES string of the molecule is CCC(Nc1nnc(C(C)N)o1)C(C)C. The number of hydrogen-bond acceptors (Lipinski definition) is 5. The van der Waals surface area contributed by atoms with E-state index in [0.29, 0.717) is 23.9 Å². The Kier molecular flexibility index (Phi) is 4.08. The molecule has 0 aliphatic rings. The molecule has 3 N–H and O–H groups in total. The van der Waals surface area contributed by atoms with Crippen molar-refractivity contribution in [2.75, 3.05) is 5.32 Å². The Hall–Kier alpha value is -1.10. The zero-order valence-electron chi connectivity index (χ0n) is 9.82. The first-order valence-electron chi connectivity index (χ1n) is 5.40. The minimum Gasteiger partial charge on any atom is -0.406 e. The third-order valence-electron chi connectivity index (χ3n) is 2.38. The van der Waals surface area contributed by atoms with Crippen molar-refractivity contribution in [1.82, 2.24) is 10.2 Å². The van der Waals surface area contributed by atoms with Crippen LogP contribution in [0.2, 0.25) is 0 Å². The van der Waals surface area contributed by atoms with E-state index >= 15 is 0 Å². The third-order valence-corrected chi connectivity index (χ3v) is 2.38. The highest BCUT2D eigenvalue weighted by atomic mass is 16.4. The van der Waals surface area contributed by atoms with Gasteiger partial charge >= 0.3 is 6.01 Å². The summed E-state index contributed by atoms with van der Waals surface area (Å²) in [6.07, 6.45) is 1.02. The number of nitrogens with zero attached hydrogens (tertiary/aromatic N) is 2. The lowest BCUT2D eigenvalue weighted by atomic mass is 10.0. The summed E-state index contributed by atoms with van der Waals surface area (Å²) in [5.41, 5.74) is 5.63. The van der Waals surface area contributed by atoms with Crippen LogP contribution in [-0.4, -0.2) is 16.2 Å². The molecule has 2 atom stereocenters. The van der Waals surface area contributed by atoms with E-state index in [-0.39, 0.29) is 6.04 Å². The van der Waals surface area contributed by atoms with E-state index in [1.165, 1.54) is 0 Å². The molecule has 0 aliphatic carbocycles.